The molecule has 5 rings (SSSR count). The van der Waals surface area contributed by atoms with E-state index in [4.69, 9.17) is 28.2 Å². The zero-order chi connectivity index (χ0) is 27.6. The summed E-state index contributed by atoms with van der Waals surface area (Å²) in [6.45, 7) is 0. The van der Waals surface area contributed by atoms with Crippen molar-refractivity contribution < 1.29 is 13.2 Å². The van der Waals surface area contributed by atoms with Crippen LogP contribution in [0, 0.1) is 0 Å². The number of rotatable bonds is 7. The average Bonchev–Trinajstić information content (AvgIpc) is 3.35. The Bertz CT molecular complexity index is 1810. The fourth-order valence-corrected chi connectivity index (χ4v) is 5.30. The minimum absolute atomic E-state index is 0.286. The molecular weight excluding hydrogens is 551 g/mol. The molecule has 8 heteroatoms. The third kappa shape index (κ3) is 6.04. The SMILES string of the molecule is CS(=O)(=O)c1cccc(-c2ccc(C=Cc3nc(-c4ccc(Cl)cc4Cl)cn3-c3ccc(C=O)cc3)cc2)c1. The molecule has 194 valence electrons. The van der Waals surface area contributed by atoms with E-state index in [2.05, 4.69) is 0 Å². The van der Waals surface area contributed by atoms with Crippen LogP contribution < -0.4 is 0 Å². The Kier molecular flexibility index (Phi) is 7.53. The first-order valence-electron chi connectivity index (χ1n) is 11.9. The van der Waals surface area contributed by atoms with Crippen molar-refractivity contribution in [3.8, 4) is 28.1 Å². The summed E-state index contributed by atoms with van der Waals surface area (Å²) in [5, 5.41) is 1.04. The Morgan fingerprint density at radius 2 is 1.51 bits per heavy atom. The third-order valence-corrected chi connectivity index (χ3v) is 7.84. The van der Waals surface area contributed by atoms with Gasteiger partial charge in [0.2, 0.25) is 0 Å². The van der Waals surface area contributed by atoms with E-state index < -0.39 is 9.84 Å². The minimum atomic E-state index is -3.29. The molecule has 39 heavy (non-hydrogen) atoms. The number of hydrogen-bond donors (Lipinski definition) is 0. The van der Waals surface area contributed by atoms with Crippen LogP contribution in [0.25, 0.3) is 40.2 Å². The molecule has 0 bridgehead atoms. The lowest BCUT2D eigenvalue weighted by molar-refractivity contribution is 0.112. The van der Waals surface area contributed by atoms with Gasteiger partial charge in [0, 0.05) is 34.3 Å². The topological polar surface area (TPSA) is 69.0 Å². The van der Waals surface area contributed by atoms with Gasteiger partial charge in [-0.25, -0.2) is 13.4 Å². The van der Waals surface area contributed by atoms with E-state index in [1.54, 1.807) is 42.5 Å². The smallest absolute Gasteiger partial charge is 0.175 e. The van der Waals surface area contributed by atoms with Crippen molar-refractivity contribution in [1.29, 1.82) is 0 Å². The number of aromatic nitrogens is 2. The van der Waals surface area contributed by atoms with Crippen molar-refractivity contribution in [2.75, 3.05) is 6.26 Å². The van der Waals surface area contributed by atoms with Crippen molar-refractivity contribution in [3.05, 3.63) is 124 Å². The fourth-order valence-electron chi connectivity index (χ4n) is 4.12. The van der Waals surface area contributed by atoms with Crippen molar-refractivity contribution >= 4 is 51.5 Å². The Balaban J connectivity index is 1.49. The maximum Gasteiger partial charge on any atom is 0.175 e. The van der Waals surface area contributed by atoms with Crippen LogP contribution in [-0.2, 0) is 9.84 Å². The van der Waals surface area contributed by atoms with Gasteiger partial charge in [-0.15, -0.1) is 0 Å². The number of sulfone groups is 1. The molecule has 0 saturated heterocycles. The second-order valence-corrected chi connectivity index (χ2v) is 11.8. The van der Waals surface area contributed by atoms with E-state index in [9.17, 15) is 13.2 Å². The molecule has 0 atom stereocenters. The van der Waals surface area contributed by atoms with Gasteiger partial charge in [-0.05, 0) is 77.4 Å². The van der Waals surface area contributed by atoms with Crippen LogP contribution in [0.15, 0.2) is 102 Å². The number of carbonyl (C=O) groups excluding carboxylic acids is 1. The summed E-state index contributed by atoms with van der Waals surface area (Å²) in [6.07, 6.45) is 7.75. The number of halogens is 2. The number of imidazole rings is 1. The Hall–Kier alpha value is -3.97. The molecular formula is C31H22Cl2N2O3S. The molecule has 0 unspecified atom stereocenters. The normalized spacial score (nSPS) is 11.7. The number of benzene rings is 4. The first kappa shape index (κ1) is 26.6. The first-order valence-corrected chi connectivity index (χ1v) is 14.5. The van der Waals surface area contributed by atoms with Crippen molar-refractivity contribution in [2.45, 2.75) is 4.90 Å². The number of aldehydes is 1. The van der Waals surface area contributed by atoms with Crippen molar-refractivity contribution in [1.82, 2.24) is 9.55 Å². The largest absolute Gasteiger partial charge is 0.300 e. The van der Waals surface area contributed by atoms with Gasteiger partial charge in [0.1, 0.15) is 12.1 Å². The molecule has 4 aromatic carbocycles. The van der Waals surface area contributed by atoms with Gasteiger partial charge in [-0.3, -0.25) is 9.36 Å². The van der Waals surface area contributed by atoms with Gasteiger partial charge in [0.05, 0.1) is 15.6 Å². The van der Waals surface area contributed by atoms with E-state index in [-0.39, 0.29) is 4.90 Å². The third-order valence-electron chi connectivity index (χ3n) is 6.18. The minimum Gasteiger partial charge on any atom is -0.300 e. The number of nitrogens with zero attached hydrogens (tertiary/aromatic N) is 2. The highest BCUT2D eigenvalue weighted by atomic mass is 35.5. The van der Waals surface area contributed by atoms with Crippen LogP contribution in [0.1, 0.15) is 21.7 Å². The van der Waals surface area contributed by atoms with E-state index in [0.717, 1.165) is 34.2 Å². The summed E-state index contributed by atoms with van der Waals surface area (Å²) in [6, 6.07) is 27.2. The molecule has 5 aromatic rings. The lowest BCUT2D eigenvalue weighted by Gasteiger charge is -2.06. The van der Waals surface area contributed by atoms with Gasteiger partial charge >= 0.3 is 0 Å². The quantitative estimate of drug-likeness (QED) is 0.186. The highest BCUT2D eigenvalue weighted by Crippen LogP contribution is 2.31. The van der Waals surface area contributed by atoms with Crippen LogP contribution in [0.2, 0.25) is 10.0 Å². The van der Waals surface area contributed by atoms with Gasteiger partial charge in [-0.2, -0.15) is 0 Å². The predicted octanol–water partition coefficient (Wildman–Crippen LogP) is 7.90. The first-order chi connectivity index (χ1) is 18.7. The summed E-state index contributed by atoms with van der Waals surface area (Å²) < 4.78 is 25.8. The molecule has 0 saturated carbocycles. The molecule has 0 amide bonds. The maximum atomic E-state index is 11.9. The number of hydrogen-bond acceptors (Lipinski definition) is 4. The van der Waals surface area contributed by atoms with Gasteiger partial charge < -0.3 is 0 Å². The molecule has 0 aliphatic heterocycles. The van der Waals surface area contributed by atoms with E-state index >= 15 is 0 Å². The molecule has 0 spiro atoms. The molecule has 0 aliphatic rings. The Morgan fingerprint density at radius 1 is 0.795 bits per heavy atom. The van der Waals surface area contributed by atoms with Crippen LogP contribution in [-0.4, -0.2) is 30.5 Å². The van der Waals surface area contributed by atoms with Crippen LogP contribution in [0.5, 0.6) is 0 Å². The Morgan fingerprint density at radius 3 is 2.18 bits per heavy atom. The molecule has 0 N–H and O–H groups in total. The predicted molar refractivity (Wildman–Crippen MR) is 158 cm³/mol. The average molecular weight is 574 g/mol. The zero-order valence-corrected chi connectivity index (χ0v) is 23.1. The molecule has 1 aromatic heterocycles. The second kappa shape index (κ2) is 11.0. The molecule has 5 nitrogen and oxygen atoms in total. The summed E-state index contributed by atoms with van der Waals surface area (Å²) in [4.78, 5) is 16.2. The standard InChI is InChI=1S/C31H22Cl2N2O3S/c1-39(37,38)27-4-2-3-24(17-27)23-10-5-21(6-11-23)9-16-31-34-30(28-15-12-25(32)18-29(28)33)19-35(31)26-13-7-22(20-36)8-14-26/h2-20H,1H3. The number of carbonyl (C=O) groups is 1. The summed E-state index contributed by atoms with van der Waals surface area (Å²) in [7, 11) is -3.29. The van der Waals surface area contributed by atoms with Gasteiger partial charge in [0.25, 0.3) is 0 Å². The summed E-state index contributed by atoms with van der Waals surface area (Å²) >= 11 is 12.5. The van der Waals surface area contributed by atoms with E-state index in [1.807, 2.05) is 71.4 Å². The fraction of sp³-hybridized carbons (Fsp3) is 0.0323. The van der Waals surface area contributed by atoms with E-state index in [0.29, 0.717) is 27.1 Å². The lowest BCUT2D eigenvalue weighted by Crippen LogP contribution is -1.96. The van der Waals surface area contributed by atoms with Crippen molar-refractivity contribution in [3.63, 3.8) is 0 Å². The monoisotopic (exact) mass is 572 g/mol. The molecule has 0 fully saturated rings. The van der Waals surface area contributed by atoms with Crippen LogP contribution >= 0.6 is 23.2 Å². The van der Waals surface area contributed by atoms with Crippen LogP contribution in [0.3, 0.4) is 0 Å². The van der Waals surface area contributed by atoms with Gasteiger partial charge in [0.15, 0.2) is 9.84 Å². The zero-order valence-electron chi connectivity index (χ0n) is 20.8. The summed E-state index contributed by atoms with van der Waals surface area (Å²) in [5.41, 5.74) is 5.53. The highest BCUT2D eigenvalue weighted by Gasteiger charge is 2.13. The second-order valence-electron chi connectivity index (χ2n) is 8.94. The molecule has 0 aliphatic carbocycles. The highest BCUT2D eigenvalue weighted by molar-refractivity contribution is 7.90. The van der Waals surface area contributed by atoms with Crippen molar-refractivity contribution in [2.24, 2.45) is 0 Å². The lowest BCUT2D eigenvalue weighted by atomic mass is 10.0. The molecule has 0 radical (unpaired) electrons. The Labute approximate surface area is 236 Å². The maximum absolute atomic E-state index is 11.9. The summed E-state index contributed by atoms with van der Waals surface area (Å²) in [5.74, 6) is 0.666. The van der Waals surface area contributed by atoms with Gasteiger partial charge in [-0.1, -0.05) is 65.7 Å². The van der Waals surface area contributed by atoms with E-state index in [1.165, 1.54) is 6.26 Å². The molecule has 1 heterocycles. The van der Waals surface area contributed by atoms with Crippen LogP contribution in [0.4, 0.5) is 0 Å².